The van der Waals surface area contributed by atoms with Crippen molar-refractivity contribution in [3.05, 3.63) is 30.2 Å². The molecule has 102 valence electrons. The summed E-state index contributed by atoms with van der Waals surface area (Å²) in [5.74, 6) is 0.209. The van der Waals surface area contributed by atoms with E-state index in [-0.39, 0.29) is 17.5 Å². The van der Waals surface area contributed by atoms with Gasteiger partial charge in [0.1, 0.15) is 0 Å². The van der Waals surface area contributed by atoms with Crippen molar-refractivity contribution >= 4 is 0 Å². The van der Waals surface area contributed by atoms with E-state index in [1.54, 1.807) is 0 Å². The Kier molecular flexibility index (Phi) is 4.57. The predicted octanol–water partition coefficient (Wildman–Crippen LogP) is 2.72. The molecule has 6 heteroatoms. The van der Waals surface area contributed by atoms with Crippen LogP contribution in [0, 0.1) is 5.82 Å². The van der Waals surface area contributed by atoms with Gasteiger partial charge in [0, 0.05) is 6.20 Å². The summed E-state index contributed by atoms with van der Waals surface area (Å²) in [5.41, 5.74) is 0.277. The highest BCUT2D eigenvalue weighted by atomic mass is 19.1. The van der Waals surface area contributed by atoms with Crippen LogP contribution in [-0.2, 0) is 0 Å². The Morgan fingerprint density at radius 2 is 2.21 bits per heavy atom. The highest BCUT2D eigenvalue weighted by Gasteiger charge is 2.18. The van der Waals surface area contributed by atoms with Crippen LogP contribution in [0.3, 0.4) is 0 Å². The molecule has 0 aliphatic heterocycles. The van der Waals surface area contributed by atoms with Crippen molar-refractivity contribution in [2.24, 2.45) is 0 Å². The molecule has 2 aromatic rings. The van der Waals surface area contributed by atoms with Gasteiger partial charge in [0.2, 0.25) is 5.89 Å². The third kappa shape index (κ3) is 3.14. The van der Waals surface area contributed by atoms with Crippen LogP contribution in [0.2, 0.25) is 0 Å². The minimum atomic E-state index is -0.465. The zero-order chi connectivity index (χ0) is 13.7. The Morgan fingerprint density at radius 3 is 2.89 bits per heavy atom. The lowest BCUT2D eigenvalue weighted by Crippen LogP contribution is -2.21. The fourth-order valence-electron chi connectivity index (χ4n) is 1.76. The zero-order valence-corrected chi connectivity index (χ0v) is 11.1. The molecule has 0 radical (unpaired) electrons. The fraction of sp³-hybridized carbons (Fsp3) is 0.462. The molecular weight excluding hydrogens is 247 g/mol. The van der Waals surface area contributed by atoms with E-state index in [4.69, 9.17) is 4.42 Å². The zero-order valence-electron chi connectivity index (χ0n) is 11.1. The van der Waals surface area contributed by atoms with E-state index in [0.29, 0.717) is 5.89 Å². The molecule has 1 unspecified atom stereocenters. The standard InChI is InChI=1S/C13H17FN4O/c1-3-6-16-11(4-2)13-18-17-12(19-13)9-5-7-15-8-10(9)14/h5,7-8,11,16H,3-4,6H2,1-2H3. The lowest BCUT2D eigenvalue weighted by Gasteiger charge is -2.11. The van der Waals surface area contributed by atoms with E-state index in [0.717, 1.165) is 25.6 Å². The number of hydrogen-bond acceptors (Lipinski definition) is 5. The molecule has 5 nitrogen and oxygen atoms in total. The molecule has 0 saturated carbocycles. The molecule has 2 rings (SSSR count). The van der Waals surface area contributed by atoms with Gasteiger partial charge in [0.15, 0.2) is 5.82 Å². The monoisotopic (exact) mass is 264 g/mol. The summed E-state index contributed by atoms with van der Waals surface area (Å²) in [6.07, 6.45) is 4.48. The molecule has 2 aromatic heterocycles. The largest absolute Gasteiger partial charge is 0.419 e. The topological polar surface area (TPSA) is 63.8 Å². The van der Waals surface area contributed by atoms with Crippen LogP contribution < -0.4 is 5.32 Å². The fourth-order valence-corrected chi connectivity index (χ4v) is 1.76. The Morgan fingerprint density at radius 1 is 1.37 bits per heavy atom. The van der Waals surface area contributed by atoms with Gasteiger partial charge < -0.3 is 9.73 Å². The first kappa shape index (κ1) is 13.6. The number of rotatable bonds is 6. The number of hydrogen-bond donors (Lipinski definition) is 1. The molecule has 1 atom stereocenters. The number of nitrogens with zero attached hydrogens (tertiary/aromatic N) is 3. The van der Waals surface area contributed by atoms with Gasteiger partial charge in [-0.25, -0.2) is 4.39 Å². The number of aromatic nitrogens is 3. The second-order valence-electron chi connectivity index (χ2n) is 4.22. The van der Waals surface area contributed by atoms with Gasteiger partial charge in [-0.2, -0.15) is 0 Å². The van der Waals surface area contributed by atoms with Crippen LogP contribution in [0.4, 0.5) is 4.39 Å². The molecule has 0 aromatic carbocycles. The molecule has 2 heterocycles. The van der Waals surface area contributed by atoms with Crippen molar-refractivity contribution in [2.75, 3.05) is 6.54 Å². The summed E-state index contributed by atoms with van der Waals surface area (Å²) in [7, 11) is 0. The Bertz CT molecular complexity index is 529. The molecule has 0 bridgehead atoms. The van der Waals surface area contributed by atoms with E-state index in [9.17, 15) is 4.39 Å². The summed E-state index contributed by atoms with van der Waals surface area (Å²) in [6.45, 7) is 5.00. The van der Waals surface area contributed by atoms with E-state index in [2.05, 4.69) is 27.4 Å². The van der Waals surface area contributed by atoms with Crippen LogP contribution >= 0.6 is 0 Å². The highest BCUT2D eigenvalue weighted by molar-refractivity contribution is 5.52. The molecule has 0 spiro atoms. The van der Waals surface area contributed by atoms with Gasteiger partial charge in [-0.05, 0) is 25.5 Å². The quantitative estimate of drug-likeness (QED) is 0.869. The SMILES string of the molecule is CCCNC(CC)c1nnc(-c2ccncc2F)o1. The normalized spacial score (nSPS) is 12.6. The van der Waals surface area contributed by atoms with Crippen LogP contribution in [0.1, 0.15) is 38.6 Å². The van der Waals surface area contributed by atoms with Crippen LogP contribution in [0.5, 0.6) is 0 Å². The maximum Gasteiger partial charge on any atom is 0.250 e. The van der Waals surface area contributed by atoms with Gasteiger partial charge in [-0.1, -0.05) is 13.8 Å². The van der Waals surface area contributed by atoms with Gasteiger partial charge >= 0.3 is 0 Å². The summed E-state index contributed by atoms with van der Waals surface area (Å²) in [4.78, 5) is 3.69. The Balaban J connectivity index is 2.21. The number of halogens is 1. The average Bonchev–Trinajstić information content (AvgIpc) is 2.90. The summed E-state index contributed by atoms with van der Waals surface area (Å²) in [6, 6.07) is 1.53. The molecule has 1 N–H and O–H groups in total. The highest BCUT2D eigenvalue weighted by Crippen LogP contribution is 2.23. The lowest BCUT2D eigenvalue weighted by atomic mass is 10.2. The van der Waals surface area contributed by atoms with Crippen molar-refractivity contribution in [2.45, 2.75) is 32.7 Å². The van der Waals surface area contributed by atoms with Crippen molar-refractivity contribution in [3.8, 4) is 11.5 Å². The molecular formula is C13H17FN4O. The molecule has 0 saturated heterocycles. The summed E-state index contributed by atoms with van der Waals surface area (Å²) >= 11 is 0. The second-order valence-corrected chi connectivity index (χ2v) is 4.22. The lowest BCUT2D eigenvalue weighted by molar-refractivity contribution is 0.395. The Hall–Kier alpha value is -1.82. The van der Waals surface area contributed by atoms with E-state index < -0.39 is 5.82 Å². The predicted molar refractivity (Wildman–Crippen MR) is 68.8 cm³/mol. The van der Waals surface area contributed by atoms with Crippen LogP contribution in [-0.4, -0.2) is 21.7 Å². The van der Waals surface area contributed by atoms with E-state index in [1.165, 1.54) is 12.3 Å². The molecule has 0 fully saturated rings. The van der Waals surface area contributed by atoms with Gasteiger partial charge in [0.25, 0.3) is 5.89 Å². The summed E-state index contributed by atoms with van der Waals surface area (Å²) in [5, 5.41) is 11.2. The van der Waals surface area contributed by atoms with Crippen molar-refractivity contribution in [1.82, 2.24) is 20.5 Å². The number of nitrogens with one attached hydrogen (secondary N) is 1. The van der Waals surface area contributed by atoms with Crippen LogP contribution in [0.25, 0.3) is 11.5 Å². The molecule has 0 amide bonds. The minimum absolute atomic E-state index is 0.00565. The average molecular weight is 264 g/mol. The van der Waals surface area contributed by atoms with Gasteiger partial charge in [-0.3, -0.25) is 4.98 Å². The van der Waals surface area contributed by atoms with Crippen LogP contribution in [0.15, 0.2) is 22.9 Å². The first-order valence-electron chi connectivity index (χ1n) is 6.42. The third-order valence-electron chi connectivity index (χ3n) is 2.79. The molecule has 0 aliphatic carbocycles. The minimum Gasteiger partial charge on any atom is -0.419 e. The molecule has 0 aliphatic rings. The van der Waals surface area contributed by atoms with Crippen molar-refractivity contribution in [3.63, 3.8) is 0 Å². The van der Waals surface area contributed by atoms with E-state index >= 15 is 0 Å². The maximum atomic E-state index is 13.6. The first-order valence-corrected chi connectivity index (χ1v) is 6.42. The Labute approximate surface area is 111 Å². The van der Waals surface area contributed by atoms with Gasteiger partial charge in [-0.15, -0.1) is 10.2 Å². The third-order valence-corrected chi connectivity index (χ3v) is 2.79. The van der Waals surface area contributed by atoms with Crippen molar-refractivity contribution < 1.29 is 8.81 Å². The van der Waals surface area contributed by atoms with Gasteiger partial charge in [0.05, 0.1) is 17.8 Å². The van der Waals surface area contributed by atoms with Crippen molar-refractivity contribution in [1.29, 1.82) is 0 Å². The van der Waals surface area contributed by atoms with E-state index in [1.807, 2.05) is 6.92 Å². The summed E-state index contributed by atoms with van der Waals surface area (Å²) < 4.78 is 19.1. The first-order chi connectivity index (χ1) is 9.26. The molecule has 19 heavy (non-hydrogen) atoms. The second kappa shape index (κ2) is 6.38. The maximum absolute atomic E-state index is 13.6. The smallest absolute Gasteiger partial charge is 0.250 e. The number of pyridine rings is 1.